The number of hydrogen-bond acceptors (Lipinski definition) is 5. The second kappa shape index (κ2) is 7.27. The van der Waals surface area contributed by atoms with E-state index in [2.05, 4.69) is 31.9 Å². The summed E-state index contributed by atoms with van der Waals surface area (Å²) in [6.45, 7) is 3.34. The van der Waals surface area contributed by atoms with Gasteiger partial charge in [-0.1, -0.05) is 0 Å². The van der Waals surface area contributed by atoms with Crippen LogP contribution in [0.4, 0.5) is 5.95 Å². The maximum Gasteiger partial charge on any atom is 0.225 e. The molecule has 4 nitrogen and oxygen atoms in total. The number of thioether (sulfide) groups is 1. The molecule has 1 aromatic heterocycles. The predicted molar refractivity (Wildman–Crippen MR) is 85.3 cm³/mol. The summed E-state index contributed by atoms with van der Waals surface area (Å²) in [7, 11) is 0. The molecule has 1 aromatic rings. The summed E-state index contributed by atoms with van der Waals surface area (Å²) in [4.78, 5) is 11.1. The van der Waals surface area contributed by atoms with Gasteiger partial charge in [-0.2, -0.15) is 11.8 Å². The molecule has 2 atom stereocenters. The van der Waals surface area contributed by atoms with Gasteiger partial charge in [0.2, 0.25) is 5.95 Å². The largest absolute Gasteiger partial charge is 0.341 e. The van der Waals surface area contributed by atoms with Gasteiger partial charge in [0.25, 0.3) is 0 Å². The van der Waals surface area contributed by atoms with Crippen LogP contribution in [0.1, 0.15) is 25.7 Å². The highest BCUT2D eigenvalue weighted by Crippen LogP contribution is 2.21. The van der Waals surface area contributed by atoms with Crippen molar-refractivity contribution in [2.24, 2.45) is 5.92 Å². The smallest absolute Gasteiger partial charge is 0.225 e. The number of anilines is 1. The lowest BCUT2D eigenvalue weighted by molar-refractivity contribution is 0.366. The first-order chi connectivity index (χ1) is 9.92. The van der Waals surface area contributed by atoms with Crippen LogP contribution in [0.3, 0.4) is 0 Å². The van der Waals surface area contributed by atoms with Gasteiger partial charge in [0.15, 0.2) is 0 Å². The molecule has 0 spiro atoms. The zero-order valence-corrected chi connectivity index (χ0v) is 12.8. The predicted octanol–water partition coefficient (Wildman–Crippen LogP) is 2.18. The van der Waals surface area contributed by atoms with Gasteiger partial charge in [0, 0.05) is 37.3 Å². The van der Waals surface area contributed by atoms with Gasteiger partial charge in [-0.15, -0.1) is 0 Å². The standard InChI is InChI=1S/C15H24N4S/c1-4-13(10-18-14-5-2-9-20-12-14)11-19(8-1)15-16-6-3-7-17-15/h3,6-7,13-14,18H,1-2,4-5,8-12H2/t13-,14+/m0/s1. The van der Waals surface area contributed by atoms with Gasteiger partial charge in [0.05, 0.1) is 0 Å². The van der Waals surface area contributed by atoms with Crippen molar-refractivity contribution in [1.29, 1.82) is 0 Å². The monoisotopic (exact) mass is 292 g/mol. The van der Waals surface area contributed by atoms with Crippen LogP contribution in [0.25, 0.3) is 0 Å². The van der Waals surface area contributed by atoms with E-state index in [9.17, 15) is 0 Å². The Bertz CT molecular complexity index is 394. The lowest BCUT2D eigenvalue weighted by atomic mass is 9.97. The maximum absolute atomic E-state index is 4.38. The SMILES string of the molecule is c1cnc(N2CCC[C@@H](CN[C@@H]3CCCSC3)C2)nc1. The highest BCUT2D eigenvalue weighted by Gasteiger charge is 2.22. The Morgan fingerprint density at radius 2 is 2.15 bits per heavy atom. The fourth-order valence-electron chi connectivity index (χ4n) is 3.10. The minimum absolute atomic E-state index is 0.733. The first kappa shape index (κ1) is 14.1. The Labute approximate surface area is 125 Å². The number of hydrogen-bond donors (Lipinski definition) is 1. The van der Waals surface area contributed by atoms with Gasteiger partial charge >= 0.3 is 0 Å². The van der Waals surface area contributed by atoms with E-state index in [0.717, 1.165) is 37.5 Å². The molecule has 0 unspecified atom stereocenters. The second-order valence-electron chi connectivity index (χ2n) is 5.83. The summed E-state index contributed by atoms with van der Waals surface area (Å²) in [5, 5.41) is 3.78. The van der Waals surface area contributed by atoms with Gasteiger partial charge < -0.3 is 10.2 Å². The Hall–Kier alpha value is -0.810. The molecule has 0 aromatic carbocycles. The number of piperidine rings is 1. The average Bonchev–Trinajstić information content (AvgIpc) is 2.55. The van der Waals surface area contributed by atoms with Crippen LogP contribution in [-0.2, 0) is 0 Å². The first-order valence-corrected chi connectivity index (χ1v) is 8.90. The minimum atomic E-state index is 0.733. The highest BCUT2D eigenvalue weighted by molar-refractivity contribution is 7.99. The molecule has 2 aliphatic heterocycles. The number of nitrogens with one attached hydrogen (secondary N) is 1. The van der Waals surface area contributed by atoms with Crippen molar-refractivity contribution in [3.63, 3.8) is 0 Å². The van der Waals surface area contributed by atoms with E-state index in [1.54, 1.807) is 0 Å². The Morgan fingerprint density at radius 1 is 1.25 bits per heavy atom. The van der Waals surface area contributed by atoms with Gasteiger partial charge in [-0.3, -0.25) is 0 Å². The van der Waals surface area contributed by atoms with Crippen LogP contribution >= 0.6 is 11.8 Å². The maximum atomic E-state index is 4.38. The summed E-state index contributed by atoms with van der Waals surface area (Å²) in [5.74, 6) is 4.27. The molecule has 5 heteroatoms. The average molecular weight is 292 g/mol. The Morgan fingerprint density at radius 3 is 2.95 bits per heavy atom. The fourth-order valence-corrected chi connectivity index (χ4v) is 4.21. The van der Waals surface area contributed by atoms with Gasteiger partial charge in [-0.05, 0) is 50.0 Å². The third kappa shape index (κ3) is 3.85. The lowest BCUT2D eigenvalue weighted by Gasteiger charge is -2.34. The van der Waals surface area contributed by atoms with E-state index in [1.165, 1.54) is 37.2 Å². The third-order valence-corrected chi connectivity index (χ3v) is 5.42. The number of nitrogens with zero attached hydrogens (tertiary/aromatic N) is 3. The van der Waals surface area contributed by atoms with Crippen LogP contribution in [0.5, 0.6) is 0 Å². The molecule has 110 valence electrons. The molecule has 2 saturated heterocycles. The zero-order chi connectivity index (χ0) is 13.6. The molecular weight excluding hydrogens is 268 g/mol. The van der Waals surface area contributed by atoms with Crippen LogP contribution in [0.2, 0.25) is 0 Å². The van der Waals surface area contributed by atoms with E-state index in [0.29, 0.717) is 0 Å². The van der Waals surface area contributed by atoms with Crippen molar-refractivity contribution in [2.75, 3.05) is 36.0 Å². The first-order valence-electron chi connectivity index (χ1n) is 7.75. The Kier molecular flexibility index (Phi) is 5.14. The van der Waals surface area contributed by atoms with E-state index in [-0.39, 0.29) is 0 Å². The van der Waals surface area contributed by atoms with Crippen molar-refractivity contribution in [3.05, 3.63) is 18.5 Å². The van der Waals surface area contributed by atoms with Crippen molar-refractivity contribution in [3.8, 4) is 0 Å². The summed E-state index contributed by atoms with van der Waals surface area (Å²) >= 11 is 2.09. The van der Waals surface area contributed by atoms with Gasteiger partial charge in [0.1, 0.15) is 0 Å². The van der Waals surface area contributed by atoms with Crippen molar-refractivity contribution in [1.82, 2.24) is 15.3 Å². The molecule has 20 heavy (non-hydrogen) atoms. The van der Waals surface area contributed by atoms with Crippen LogP contribution < -0.4 is 10.2 Å². The van der Waals surface area contributed by atoms with E-state index >= 15 is 0 Å². The third-order valence-electron chi connectivity index (χ3n) is 4.21. The molecule has 3 heterocycles. The van der Waals surface area contributed by atoms with Crippen LogP contribution in [0.15, 0.2) is 18.5 Å². The summed E-state index contributed by atoms with van der Waals surface area (Å²) in [6.07, 6.45) is 8.98. The topological polar surface area (TPSA) is 41.1 Å². The Balaban J connectivity index is 1.48. The normalized spacial score (nSPS) is 27.5. The van der Waals surface area contributed by atoms with Gasteiger partial charge in [-0.25, -0.2) is 9.97 Å². The van der Waals surface area contributed by atoms with Crippen molar-refractivity contribution >= 4 is 17.7 Å². The summed E-state index contributed by atoms with van der Waals surface area (Å²) < 4.78 is 0. The second-order valence-corrected chi connectivity index (χ2v) is 6.98. The zero-order valence-electron chi connectivity index (χ0n) is 12.0. The molecule has 3 rings (SSSR count). The van der Waals surface area contributed by atoms with Crippen LogP contribution in [-0.4, -0.2) is 47.1 Å². The van der Waals surface area contributed by atoms with E-state index in [1.807, 2.05) is 18.5 Å². The fraction of sp³-hybridized carbons (Fsp3) is 0.733. The molecule has 0 aliphatic carbocycles. The molecule has 0 saturated carbocycles. The summed E-state index contributed by atoms with van der Waals surface area (Å²) in [6, 6.07) is 2.62. The molecule has 0 bridgehead atoms. The van der Waals surface area contributed by atoms with E-state index < -0.39 is 0 Å². The molecule has 2 fully saturated rings. The van der Waals surface area contributed by atoms with Crippen molar-refractivity contribution < 1.29 is 0 Å². The summed E-state index contributed by atoms with van der Waals surface area (Å²) in [5.41, 5.74) is 0. The molecule has 0 amide bonds. The minimum Gasteiger partial charge on any atom is -0.341 e. The van der Waals surface area contributed by atoms with Crippen LogP contribution in [0, 0.1) is 5.92 Å². The molecular formula is C15H24N4S. The lowest BCUT2D eigenvalue weighted by Crippen LogP contribution is -2.43. The molecule has 1 N–H and O–H groups in total. The number of rotatable bonds is 4. The molecule has 2 aliphatic rings. The van der Waals surface area contributed by atoms with Crippen molar-refractivity contribution in [2.45, 2.75) is 31.7 Å². The number of aromatic nitrogens is 2. The molecule has 0 radical (unpaired) electrons. The highest BCUT2D eigenvalue weighted by atomic mass is 32.2. The quantitative estimate of drug-likeness (QED) is 0.921. The van der Waals surface area contributed by atoms with E-state index in [4.69, 9.17) is 0 Å².